The fourth-order valence-corrected chi connectivity index (χ4v) is 0.351. The van der Waals surface area contributed by atoms with Gasteiger partial charge >= 0.3 is 21.7 Å². The van der Waals surface area contributed by atoms with Gasteiger partial charge < -0.3 is 0 Å². The van der Waals surface area contributed by atoms with Crippen LogP contribution < -0.4 is 0 Å². The van der Waals surface area contributed by atoms with Crippen molar-refractivity contribution in [3.8, 4) is 0 Å². The van der Waals surface area contributed by atoms with E-state index in [0.29, 0.717) is 0 Å². The maximum atomic E-state index is 10.0. The summed E-state index contributed by atoms with van der Waals surface area (Å²) in [5.41, 5.74) is 0. The Labute approximate surface area is 63.5 Å². The zero-order valence-corrected chi connectivity index (χ0v) is 6.59. The van der Waals surface area contributed by atoms with Gasteiger partial charge in [0.15, 0.2) is 0 Å². The summed E-state index contributed by atoms with van der Waals surface area (Å²) in [7, 11) is 0. The van der Waals surface area contributed by atoms with Crippen LogP contribution in [-0.4, -0.2) is 11.6 Å². The first-order valence-electron chi connectivity index (χ1n) is 2.12. The average Bonchev–Trinajstić information content (AvgIpc) is 1.27. The smallest absolute Gasteiger partial charge is 0.300 e. The molecule has 3 heteroatoms. The van der Waals surface area contributed by atoms with Crippen LogP contribution in [0, 0.1) is 0 Å². The second kappa shape index (κ2) is 5.20. The number of carbonyl (C=O) groups is 2. The van der Waals surface area contributed by atoms with Gasteiger partial charge in [0.25, 0.3) is 0 Å². The van der Waals surface area contributed by atoms with Gasteiger partial charge in [-0.1, -0.05) is 0 Å². The fraction of sp³-hybridized carbons (Fsp3) is 0.600. The topological polar surface area (TPSA) is 34.1 Å². The molecule has 0 aliphatic carbocycles. The second-order valence-corrected chi connectivity index (χ2v) is 1.58. The van der Waals surface area contributed by atoms with Crippen LogP contribution in [0.1, 0.15) is 20.3 Å². The molecule has 0 aromatic carbocycles. The maximum Gasteiger partial charge on any atom is 4.00 e. The largest absolute Gasteiger partial charge is 4.00 e. The predicted octanol–water partition coefficient (Wildman–Crippen LogP) is 0.552. The van der Waals surface area contributed by atoms with Gasteiger partial charge in [-0.3, -0.25) is 9.59 Å². The van der Waals surface area contributed by atoms with E-state index >= 15 is 0 Å². The van der Waals surface area contributed by atoms with E-state index in [0.717, 1.165) is 0 Å². The third-order valence-electron chi connectivity index (χ3n) is 0.498. The van der Waals surface area contributed by atoms with Crippen LogP contribution in [0.5, 0.6) is 0 Å². The van der Waals surface area contributed by atoms with Crippen LogP contribution in [0.15, 0.2) is 0 Å². The Hall–Kier alpha value is 0.0543. The molecule has 0 aromatic heterocycles. The Morgan fingerprint density at radius 2 is 1.38 bits per heavy atom. The zero-order chi connectivity index (χ0) is 5.86. The van der Waals surface area contributed by atoms with Gasteiger partial charge in [0.2, 0.25) is 0 Å². The monoisotopic (exact) mass is 148 g/mol. The molecule has 0 N–H and O–H groups in total. The minimum Gasteiger partial charge on any atom is -0.300 e. The average molecular weight is 148 g/mol. The van der Waals surface area contributed by atoms with Crippen LogP contribution in [-0.2, 0) is 31.3 Å². The number of Topliss-reactive ketones (excluding diaryl/α,β-unsaturated/α-hetero) is 2. The molecule has 0 rings (SSSR count). The zero-order valence-electron chi connectivity index (χ0n) is 5.02. The van der Waals surface area contributed by atoms with Gasteiger partial charge in [-0.15, -0.1) is 0 Å². The van der Waals surface area contributed by atoms with Crippen LogP contribution in [0.2, 0.25) is 0 Å². The van der Waals surface area contributed by atoms with Crippen molar-refractivity contribution in [3.63, 3.8) is 0 Å². The molecule has 0 amide bonds. The maximum absolute atomic E-state index is 10.0. The van der Waals surface area contributed by atoms with E-state index < -0.39 is 0 Å². The summed E-state index contributed by atoms with van der Waals surface area (Å²) in [5, 5.41) is 0. The van der Waals surface area contributed by atoms with Gasteiger partial charge in [-0.25, -0.2) is 0 Å². The van der Waals surface area contributed by atoms with Gasteiger partial charge in [0, 0.05) is 0 Å². The molecular weight excluding hydrogens is 140 g/mol. The molecule has 0 fully saturated rings. The Morgan fingerprint density at radius 1 is 1.12 bits per heavy atom. The summed E-state index contributed by atoms with van der Waals surface area (Å²) in [5.74, 6) is -0.125. The molecule has 0 aliphatic heterocycles. The summed E-state index contributed by atoms with van der Waals surface area (Å²) >= 11 is 0. The molecule has 0 spiro atoms. The number of hydrogen-bond donors (Lipinski definition) is 0. The Balaban J connectivity index is 0. The van der Waals surface area contributed by atoms with Crippen molar-refractivity contribution in [1.82, 2.24) is 0 Å². The fourth-order valence-electron chi connectivity index (χ4n) is 0.351. The third kappa shape index (κ3) is 9.41. The van der Waals surface area contributed by atoms with Gasteiger partial charge in [-0.05, 0) is 13.8 Å². The summed E-state index contributed by atoms with van der Waals surface area (Å²) < 4.78 is 0. The first kappa shape index (κ1) is 10.9. The van der Waals surface area contributed by atoms with Crippen molar-refractivity contribution in [1.29, 1.82) is 0 Å². The minimum atomic E-state index is -0.0625. The van der Waals surface area contributed by atoms with E-state index in [1.807, 2.05) is 0 Å². The van der Waals surface area contributed by atoms with Crippen molar-refractivity contribution in [2.45, 2.75) is 20.3 Å². The van der Waals surface area contributed by atoms with Gasteiger partial charge in [0.1, 0.15) is 11.6 Å². The first-order valence-corrected chi connectivity index (χ1v) is 2.12. The van der Waals surface area contributed by atoms with Crippen molar-refractivity contribution in [2.75, 3.05) is 0 Å². The Bertz CT molecular complexity index is 86.6. The molecule has 0 saturated carbocycles. The van der Waals surface area contributed by atoms with E-state index in [9.17, 15) is 9.59 Å². The van der Waals surface area contributed by atoms with Crippen LogP contribution in [0.25, 0.3) is 0 Å². The molecule has 0 aromatic rings. The SMILES string of the molecule is CC(=O)CC(C)=O.[Ti+4]. The molecule has 40 valence electrons. The number of carbonyl (C=O) groups excluding carboxylic acids is 2. The molecule has 0 aliphatic rings. The molecule has 0 radical (unpaired) electrons. The third-order valence-corrected chi connectivity index (χ3v) is 0.498. The van der Waals surface area contributed by atoms with Gasteiger partial charge in [0.05, 0.1) is 6.42 Å². The van der Waals surface area contributed by atoms with E-state index in [2.05, 4.69) is 0 Å². The van der Waals surface area contributed by atoms with Crippen molar-refractivity contribution >= 4 is 11.6 Å². The first-order chi connectivity index (χ1) is 3.13. The molecule has 8 heavy (non-hydrogen) atoms. The molecular formula is C5H8O2Ti+4. The molecule has 0 heterocycles. The minimum absolute atomic E-state index is 0. The summed E-state index contributed by atoms with van der Waals surface area (Å²) in [6, 6.07) is 0. The molecule has 2 nitrogen and oxygen atoms in total. The molecule has 0 bridgehead atoms. The van der Waals surface area contributed by atoms with Crippen molar-refractivity contribution in [3.05, 3.63) is 0 Å². The summed E-state index contributed by atoms with van der Waals surface area (Å²) in [4.78, 5) is 20.1. The number of rotatable bonds is 2. The molecule has 0 unspecified atom stereocenters. The van der Waals surface area contributed by atoms with E-state index in [4.69, 9.17) is 0 Å². The van der Waals surface area contributed by atoms with Crippen LogP contribution >= 0.6 is 0 Å². The van der Waals surface area contributed by atoms with Crippen LogP contribution in [0.4, 0.5) is 0 Å². The molecule has 0 saturated heterocycles. The standard InChI is InChI=1S/C5H8O2.Ti/c1-4(6)3-5(2)7;/h3H2,1-2H3;/q;+4. The van der Waals surface area contributed by atoms with Crippen molar-refractivity contribution in [2.24, 2.45) is 0 Å². The van der Waals surface area contributed by atoms with Crippen molar-refractivity contribution < 1.29 is 31.3 Å². The number of ketones is 2. The Kier molecular flexibility index (Phi) is 7.10. The second-order valence-electron chi connectivity index (χ2n) is 1.58. The van der Waals surface area contributed by atoms with E-state index in [-0.39, 0.29) is 39.7 Å². The van der Waals surface area contributed by atoms with Crippen LogP contribution in [0.3, 0.4) is 0 Å². The van der Waals surface area contributed by atoms with Gasteiger partial charge in [-0.2, -0.15) is 0 Å². The summed E-state index contributed by atoms with van der Waals surface area (Å²) in [6.45, 7) is 2.81. The van der Waals surface area contributed by atoms with E-state index in [1.165, 1.54) is 13.8 Å². The predicted molar refractivity (Wildman–Crippen MR) is 26.0 cm³/mol. The number of hydrogen-bond acceptors (Lipinski definition) is 2. The molecule has 0 atom stereocenters. The van der Waals surface area contributed by atoms with E-state index in [1.54, 1.807) is 0 Å². The summed E-state index contributed by atoms with van der Waals surface area (Å²) in [6.07, 6.45) is 0.0833. The Morgan fingerprint density at radius 3 is 1.38 bits per heavy atom. The normalized spacial score (nSPS) is 7.25. The quantitative estimate of drug-likeness (QED) is 0.423.